The van der Waals surface area contributed by atoms with Gasteiger partial charge in [-0.05, 0) is 18.9 Å². The molecule has 1 aromatic heterocycles. The lowest BCUT2D eigenvalue weighted by Gasteiger charge is -2.25. The first-order valence-corrected chi connectivity index (χ1v) is 15.7. The maximum absolute atomic E-state index is 13.7. The Bertz CT molecular complexity index is 1470. The zero-order chi connectivity index (χ0) is 37.1. The van der Waals surface area contributed by atoms with Crippen molar-refractivity contribution < 1.29 is 43.5 Å². The van der Waals surface area contributed by atoms with Crippen molar-refractivity contribution in [2.75, 3.05) is 26.2 Å². The summed E-state index contributed by atoms with van der Waals surface area (Å²) < 4.78 is 0. The van der Waals surface area contributed by atoms with Crippen molar-refractivity contribution >= 4 is 47.3 Å². The van der Waals surface area contributed by atoms with Gasteiger partial charge in [-0.1, -0.05) is 30.3 Å². The maximum Gasteiger partial charge on any atom is 0.322 e. The van der Waals surface area contributed by atoms with Gasteiger partial charge in [-0.25, -0.2) is 4.98 Å². The van der Waals surface area contributed by atoms with E-state index in [4.69, 9.17) is 10.8 Å². The number of nitrogens with two attached hydrogens (primary N) is 1. The van der Waals surface area contributed by atoms with E-state index in [-0.39, 0.29) is 32.2 Å². The van der Waals surface area contributed by atoms with Crippen molar-refractivity contribution in [1.29, 1.82) is 0 Å². The minimum Gasteiger partial charge on any atom is -0.480 e. The number of carboxylic acid groups (broad SMARTS) is 1. The highest BCUT2D eigenvalue weighted by molar-refractivity contribution is 5.95. The van der Waals surface area contributed by atoms with Gasteiger partial charge in [-0.2, -0.15) is 0 Å². The second kappa shape index (κ2) is 21.2. The highest BCUT2D eigenvalue weighted by Crippen LogP contribution is 2.07. The van der Waals surface area contributed by atoms with Crippen molar-refractivity contribution in [2.45, 2.75) is 63.7 Å². The third-order valence-corrected chi connectivity index (χ3v) is 6.95. The molecule has 1 aromatic carbocycles. The molecule has 0 saturated carbocycles. The van der Waals surface area contributed by atoms with Crippen LogP contribution in [-0.2, 0) is 51.2 Å². The Morgan fingerprint density at radius 2 is 1.44 bits per heavy atom. The highest BCUT2D eigenvalue weighted by atomic mass is 16.4. The predicted octanol–water partition coefficient (Wildman–Crippen LogP) is -3.65. The van der Waals surface area contributed by atoms with Gasteiger partial charge in [0, 0.05) is 45.5 Å². The Balaban J connectivity index is 2.21. The third kappa shape index (κ3) is 15.4. The summed E-state index contributed by atoms with van der Waals surface area (Å²) >= 11 is 0. The van der Waals surface area contributed by atoms with Crippen LogP contribution in [-0.4, -0.2) is 113 Å². The molecule has 0 aliphatic rings. The Hall–Kier alpha value is -5.85. The summed E-state index contributed by atoms with van der Waals surface area (Å²) in [7, 11) is 0. The lowest BCUT2D eigenvalue weighted by atomic mass is 10.0. The average molecular weight is 701 g/mol. The van der Waals surface area contributed by atoms with E-state index in [1.165, 1.54) is 19.4 Å². The molecule has 19 heteroatoms. The number of carbonyl (C=O) groups excluding carboxylic acids is 7. The topological polar surface area (TPSA) is 296 Å². The number of carbonyl (C=O) groups is 8. The lowest BCUT2D eigenvalue weighted by Crippen LogP contribution is -2.58. The van der Waals surface area contributed by atoms with Crippen LogP contribution in [0.3, 0.4) is 0 Å². The van der Waals surface area contributed by atoms with E-state index < -0.39 is 84.6 Å². The van der Waals surface area contributed by atoms with Crippen molar-refractivity contribution in [1.82, 2.24) is 47.2 Å². The molecule has 1 heterocycles. The summed E-state index contributed by atoms with van der Waals surface area (Å²) in [4.78, 5) is 106. The first-order chi connectivity index (χ1) is 23.8. The summed E-state index contributed by atoms with van der Waals surface area (Å²) in [5, 5.41) is 25.9. The molecule has 11 N–H and O–H groups in total. The van der Waals surface area contributed by atoms with Crippen molar-refractivity contribution in [3.8, 4) is 0 Å². The Morgan fingerprint density at radius 1 is 0.780 bits per heavy atom. The number of H-pyrrole nitrogens is 1. The number of aromatic nitrogens is 2. The van der Waals surface area contributed by atoms with Crippen molar-refractivity contribution in [2.24, 2.45) is 5.73 Å². The number of rotatable bonds is 21. The van der Waals surface area contributed by atoms with Gasteiger partial charge in [0.2, 0.25) is 41.4 Å². The normalized spacial score (nSPS) is 12.9. The van der Waals surface area contributed by atoms with Crippen molar-refractivity contribution in [3.63, 3.8) is 0 Å². The Labute approximate surface area is 287 Å². The molecule has 0 aliphatic heterocycles. The molecule has 2 aromatic rings. The number of amides is 7. The molecule has 19 nitrogen and oxygen atoms in total. The second-order valence-corrected chi connectivity index (χ2v) is 11.1. The molecule has 7 amide bonds. The van der Waals surface area contributed by atoms with Gasteiger partial charge >= 0.3 is 5.97 Å². The number of aliphatic carboxylic acids is 1. The molecule has 0 aliphatic carbocycles. The zero-order valence-corrected chi connectivity index (χ0v) is 27.7. The molecule has 0 fully saturated rings. The van der Waals surface area contributed by atoms with Gasteiger partial charge in [-0.15, -0.1) is 0 Å². The van der Waals surface area contributed by atoms with Gasteiger partial charge in [0.15, 0.2) is 0 Å². The SMILES string of the molecule is CCNC(=O)[C@@H](Cc1ccccc1)NC(=O)[C@H](Cc1c[nH]cn1)NC(=O)[C@H](CCC(=O)NC[C@H](N)C(=O)NCC(=O)O)NC(=O)CNC(C)=O. The molecule has 0 saturated heterocycles. The van der Waals surface area contributed by atoms with Crippen LogP contribution < -0.4 is 43.0 Å². The van der Waals surface area contributed by atoms with Gasteiger partial charge in [0.05, 0.1) is 18.6 Å². The molecule has 4 atom stereocenters. The Morgan fingerprint density at radius 3 is 2.04 bits per heavy atom. The summed E-state index contributed by atoms with van der Waals surface area (Å²) in [6.45, 7) is 1.75. The first-order valence-electron chi connectivity index (χ1n) is 15.7. The largest absolute Gasteiger partial charge is 0.480 e. The number of benzene rings is 1. The van der Waals surface area contributed by atoms with Crippen LogP contribution in [0.25, 0.3) is 0 Å². The van der Waals surface area contributed by atoms with Crippen LogP contribution in [0.5, 0.6) is 0 Å². The van der Waals surface area contributed by atoms with Crippen LogP contribution >= 0.6 is 0 Å². The number of nitrogens with zero attached hydrogens (tertiary/aromatic N) is 1. The minimum atomic E-state index is -1.38. The molecule has 0 bridgehead atoms. The van der Waals surface area contributed by atoms with E-state index in [9.17, 15) is 38.4 Å². The van der Waals surface area contributed by atoms with E-state index in [2.05, 4.69) is 47.2 Å². The van der Waals surface area contributed by atoms with Crippen LogP contribution in [0, 0.1) is 0 Å². The fourth-order valence-electron chi connectivity index (χ4n) is 4.42. The third-order valence-electron chi connectivity index (χ3n) is 6.95. The first kappa shape index (κ1) is 40.3. The van der Waals surface area contributed by atoms with Crippen LogP contribution in [0.15, 0.2) is 42.9 Å². The standard InChI is InChI=1S/C31H44N10O9/c1-3-34-29(48)23(11-19-7-5-4-6-8-19)40-31(50)24(12-20-13-33-17-38-20)41-30(49)22(39-26(44)15-35-18(2)42)9-10-25(43)36-14-21(32)28(47)37-16-27(45)46/h4-8,13,17,21-24H,3,9-12,14-16,32H2,1-2H3,(H,33,38)(H,34,48)(H,35,42)(H,36,43)(H,37,47)(H,39,44)(H,40,50)(H,41,49)(H,45,46)/t21-,22-,23+,24-/m0/s1. The van der Waals surface area contributed by atoms with E-state index in [1.54, 1.807) is 31.2 Å². The molecule has 0 spiro atoms. The molecule has 50 heavy (non-hydrogen) atoms. The zero-order valence-electron chi connectivity index (χ0n) is 27.7. The van der Waals surface area contributed by atoms with Gasteiger partial charge in [0.25, 0.3) is 0 Å². The van der Waals surface area contributed by atoms with E-state index in [0.29, 0.717) is 12.2 Å². The number of nitrogens with one attached hydrogen (secondary N) is 8. The van der Waals surface area contributed by atoms with Crippen molar-refractivity contribution in [3.05, 3.63) is 54.1 Å². The molecular formula is C31H44N10O9. The molecular weight excluding hydrogens is 656 g/mol. The van der Waals surface area contributed by atoms with Gasteiger partial charge in [0.1, 0.15) is 30.7 Å². The fraction of sp³-hybridized carbons (Fsp3) is 0.452. The van der Waals surface area contributed by atoms with Gasteiger partial charge < -0.3 is 53.0 Å². The summed E-state index contributed by atoms with van der Waals surface area (Å²) in [6.07, 6.45) is 2.31. The monoisotopic (exact) mass is 700 g/mol. The summed E-state index contributed by atoms with van der Waals surface area (Å²) in [6, 6.07) is 4.06. The number of carboxylic acids is 1. The number of imidazole rings is 1. The second-order valence-electron chi connectivity index (χ2n) is 11.1. The smallest absolute Gasteiger partial charge is 0.322 e. The fourth-order valence-corrected chi connectivity index (χ4v) is 4.42. The lowest BCUT2D eigenvalue weighted by molar-refractivity contribution is -0.138. The molecule has 0 radical (unpaired) electrons. The molecule has 2 rings (SSSR count). The Kier molecular flexibility index (Phi) is 17.1. The van der Waals surface area contributed by atoms with Crippen LogP contribution in [0.1, 0.15) is 37.9 Å². The van der Waals surface area contributed by atoms with Gasteiger partial charge in [-0.3, -0.25) is 38.4 Å². The minimum absolute atomic E-state index is 0.108. The summed E-state index contributed by atoms with van der Waals surface area (Å²) in [5.74, 6) is -6.02. The molecule has 272 valence electrons. The summed E-state index contributed by atoms with van der Waals surface area (Å²) in [5.41, 5.74) is 6.86. The van der Waals surface area contributed by atoms with E-state index in [0.717, 1.165) is 5.56 Å². The number of hydrogen-bond donors (Lipinski definition) is 10. The van der Waals surface area contributed by atoms with Crippen LogP contribution in [0.2, 0.25) is 0 Å². The molecule has 0 unspecified atom stereocenters. The van der Waals surface area contributed by atoms with E-state index in [1.807, 2.05) is 6.07 Å². The van der Waals surface area contributed by atoms with E-state index >= 15 is 0 Å². The average Bonchev–Trinajstić information content (AvgIpc) is 3.60. The highest BCUT2D eigenvalue weighted by Gasteiger charge is 2.31. The quantitative estimate of drug-likeness (QED) is 0.0606. The maximum atomic E-state index is 13.7. The number of likely N-dealkylation sites (N-methyl/N-ethyl adjacent to an activating group) is 1. The van der Waals surface area contributed by atoms with Crippen LogP contribution in [0.4, 0.5) is 0 Å². The predicted molar refractivity (Wildman–Crippen MR) is 176 cm³/mol. The number of hydrogen-bond acceptors (Lipinski definition) is 10. The number of aromatic amines is 1.